The molecular weight excluding hydrogens is 235 g/mol. The number of nitrogens with one attached hydrogen (secondary N) is 1. The van der Waals surface area contributed by atoms with Gasteiger partial charge in [-0.15, -0.1) is 0 Å². The molecule has 1 aromatic heterocycles. The van der Waals surface area contributed by atoms with Crippen LogP contribution in [0.5, 0.6) is 0 Å². The summed E-state index contributed by atoms with van der Waals surface area (Å²) in [5, 5.41) is 0.817. The number of fused-ring (bicyclic) bond motifs is 1. The number of carbonyl (C=O) groups excluding carboxylic acids is 1. The lowest BCUT2D eigenvalue weighted by Gasteiger charge is -2.16. The molecule has 96 valence electrons. The number of rotatable bonds is 4. The van der Waals surface area contributed by atoms with Crippen molar-refractivity contribution < 1.29 is 13.9 Å². The van der Waals surface area contributed by atoms with Gasteiger partial charge in [0.05, 0.1) is 12.6 Å². The highest BCUT2D eigenvalue weighted by molar-refractivity contribution is 5.85. The number of ether oxygens (including phenoxy) is 1. The fourth-order valence-corrected chi connectivity index (χ4v) is 1.93. The zero-order valence-electron chi connectivity index (χ0n) is 10.0. The van der Waals surface area contributed by atoms with Crippen LogP contribution in [0.2, 0.25) is 0 Å². The predicted molar refractivity (Wildman–Crippen MR) is 66.8 cm³/mol. The third kappa shape index (κ3) is 2.22. The molecule has 1 aromatic carbocycles. The van der Waals surface area contributed by atoms with Crippen LogP contribution < -0.4 is 5.73 Å². The largest absolute Gasteiger partial charge is 0.464 e. The minimum atomic E-state index is -1.86. The molecule has 2 rings (SSSR count). The summed E-state index contributed by atoms with van der Waals surface area (Å²) in [5.74, 6) is -0.919. The van der Waals surface area contributed by atoms with E-state index in [2.05, 4.69) is 9.72 Å². The first kappa shape index (κ1) is 12.6. The van der Waals surface area contributed by atoms with Gasteiger partial charge in [0.2, 0.25) is 6.17 Å². The van der Waals surface area contributed by atoms with E-state index in [0.29, 0.717) is 5.56 Å². The van der Waals surface area contributed by atoms with Crippen molar-refractivity contribution in [2.75, 3.05) is 6.61 Å². The Kier molecular flexibility index (Phi) is 3.62. The van der Waals surface area contributed by atoms with Crippen molar-refractivity contribution in [3.8, 4) is 0 Å². The highest BCUT2D eigenvalue weighted by Gasteiger charge is 2.28. The van der Waals surface area contributed by atoms with E-state index in [0.717, 1.165) is 10.9 Å². The topological polar surface area (TPSA) is 68.1 Å². The van der Waals surface area contributed by atoms with Crippen LogP contribution in [0.1, 0.15) is 18.5 Å². The van der Waals surface area contributed by atoms with Gasteiger partial charge >= 0.3 is 5.97 Å². The molecule has 0 saturated heterocycles. The monoisotopic (exact) mass is 250 g/mol. The van der Waals surface area contributed by atoms with E-state index in [-0.39, 0.29) is 6.61 Å². The molecule has 5 heteroatoms. The number of benzene rings is 1. The number of halogens is 1. The van der Waals surface area contributed by atoms with Crippen molar-refractivity contribution in [3.63, 3.8) is 0 Å². The second-order valence-electron chi connectivity index (χ2n) is 3.97. The SMILES string of the molecule is CCOC(=O)C(F)[C@@H](N)c1cccc2[nH]ccc12. The zero-order valence-corrected chi connectivity index (χ0v) is 10.0. The number of esters is 1. The molecular formula is C13H15FN2O2. The predicted octanol–water partition coefficient (Wildman–Crippen LogP) is 2.07. The summed E-state index contributed by atoms with van der Waals surface area (Å²) in [5.41, 5.74) is 7.26. The van der Waals surface area contributed by atoms with Gasteiger partial charge < -0.3 is 15.5 Å². The standard InChI is InChI=1S/C13H15FN2O2/c1-2-18-13(17)11(14)12(15)9-4-3-5-10-8(9)6-7-16-10/h3-7,11-12,16H,2,15H2,1H3/t11?,12-/m0/s1. The van der Waals surface area contributed by atoms with Crippen LogP contribution in [0.3, 0.4) is 0 Å². The lowest BCUT2D eigenvalue weighted by Crippen LogP contribution is -2.31. The van der Waals surface area contributed by atoms with Crippen molar-refractivity contribution in [3.05, 3.63) is 36.0 Å². The third-order valence-electron chi connectivity index (χ3n) is 2.81. The lowest BCUT2D eigenvalue weighted by atomic mass is 9.99. The molecule has 0 saturated carbocycles. The van der Waals surface area contributed by atoms with E-state index < -0.39 is 18.2 Å². The smallest absolute Gasteiger partial charge is 0.342 e. The Balaban J connectivity index is 2.30. The van der Waals surface area contributed by atoms with Crippen LogP contribution in [0, 0.1) is 0 Å². The number of aromatic nitrogens is 1. The average molecular weight is 250 g/mol. The second kappa shape index (κ2) is 5.18. The van der Waals surface area contributed by atoms with Crippen molar-refractivity contribution in [1.82, 2.24) is 4.98 Å². The molecule has 3 N–H and O–H groups in total. The average Bonchev–Trinajstić information content (AvgIpc) is 2.85. The molecule has 0 aliphatic carbocycles. The maximum absolute atomic E-state index is 13.9. The fourth-order valence-electron chi connectivity index (χ4n) is 1.93. The van der Waals surface area contributed by atoms with Crippen molar-refractivity contribution >= 4 is 16.9 Å². The van der Waals surface area contributed by atoms with Gasteiger partial charge in [-0.25, -0.2) is 9.18 Å². The quantitative estimate of drug-likeness (QED) is 0.816. The van der Waals surface area contributed by atoms with E-state index in [1.807, 2.05) is 12.1 Å². The van der Waals surface area contributed by atoms with Gasteiger partial charge in [0.15, 0.2) is 0 Å². The van der Waals surface area contributed by atoms with Gasteiger partial charge in [-0.1, -0.05) is 12.1 Å². The van der Waals surface area contributed by atoms with Crippen LogP contribution in [-0.2, 0) is 9.53 Å². The molecule has 0 radical (unpaired) electrons. The van der Waals surface area contributed by atoms with Crippen LogP contribution in [0.4, 0.5) is 4.39 Å². The minimum Gasteiger partial charge on any atom is -0.464 e. The van der Waals surface area contributed by atoms with Gasteiger partial charge in [-0.3, -0.25) is 0 Å². The number of hydrogen-bond acceptors (Lipinski definition) is 3. The van der Waals surface area contributed by atoms with Crippen molar-refractivity contribution in [1.29, 1.82) is 0 Å². The summed E-state index contributed by atoms with van der Waals surface area (Å²) >= 11 is 0. The van der Waals surface area contributed by atoms with E-state index >= 15 is 0 Å². The Bertz CT molecular complexity index is 553. The van der Waals surface area contributed by atoms with E-state index in [1.54, 1.807) is 25.3 Å². The third-order valence-corrected chi connectivity index (χ3v) is 2.81. The summed E-state index contributed by atoms with van der Waals surface area (Å²) in [6.07, 6.45) is -0.108. The molecule has 0 bridgehead atoms. The molecule has 0 aliphatic heterocycles. The van der Waals surface area contributed by atoms with Crippen LogP contribution >= 0.6 is 0 Å². The van der Waals surface area contributed by atoms with E-state index in [4.69, 9.17) is 5.73 Å². The first-order chi connectivity index (χ1) is 8.65. The molecule has 2 aromatic rings. The maximum Gasteiger partial charge on any atom is 0.342 e. The highest BCUT2D eigenvalue weighted by Crippen LogP contribution is 2.26. The molecule has 1 unspecified atom stereocenters. The molecule has 0 spiro atoms. The number of H-pyrrole nitrogens is 1. The number of nitrogens with two attached hydrogens (primary N) is 1. The first-order valence-electron chi connectivity index (χ1n) is 5.77. The molecule has 4 nitrogen and oxygen atoms in total. The summed E-state index contributed by atoms with van der Waals surface area (Å²) in [7, 11) is 0. The molecule has 18 heavy (non-hydrogen) atoms. The number of hydrogen-bond donors (Lipinski definition) is 2. The molecule has 0 fully saturated rings. The Labute approximate surface area is 104 Å². The molecule has 0 aliphatic rings. The molecule has 2 atom stereocenters. The minimum absolute atomic E-state index is 0.139. The normalized spacial score (nSPS) is 14.4. The van der Waals surface area contributed by atoms with Crippen LogP contribution in [-0.4, -0.2) is 23.7 Å². The maximum atomic E-state index is 13.9. The Morgan fingerprint density at radius 3 is 3.00 bits per heavy atom. The lowest BCUT2D eigenvalue weighted by molar-refractivity contribution is -0.149. The number of carbonyl (C=O) groups is 1. The van der Waals surface area contributed by atoms with E-state index in [1.165, 1.54) is 0 Å². The van der Waals surface area contributed by atoms with E-state index in [9.17, 15) is 9.18 Å². The van der Waals surface area contributed by atoms with Gasteiger partial charge in [0.1, 0.15) is 0 Å². The Hall–Kier alpha value is -1.88. The van der Waals surface area contributed by atoms with Crippen LogP contribution in [0.15, 0.2) is 30.5 Å². The van der Waals surface area contributed by atoms with Gasteiger partial charge in [0.25, 0.3) is 0 Å². The molecule has 0 amide bonds. The summed E-state index contributed by atoms with van der Waals surface area (Å²) in [6, 6.07) is 6.13. The summed E-state index contributed by atoms with van der Waals surface area (Å²) in [6.45, 7) is 1.77. The summed E-state index contributed by atoms with van der Waals surface area (Å²) < 4.78 is 18.5. The summed E-state index contributed by atoms with van der Waals surface area (Å²) in [4.78, 5) is 14.4. The fraction of sp³-hybridized carbons (Fsp3) is 0.308. The van der Waals surface area contributed by atoms with Gasteiger partial charge in [0, 0.05) is 17.1 Å². The van der Waals surface area contributed by atoms with Gasteiger partial charge in [-0.05, 0) is 24.6 Å². The number of alkyl halides is 1. The van der Waals surface area contributed by atoms with Crippen molar-refractivity contribution in [2.45, 2.75) is 19.1 Å². The van der Waals surface area contributed by atoms with Crippen LogP contribution in [0.25, 0.3) is 10.9 Å². The zero-order chi connectivity index (χ0) is 13.1. The first-order valence-corrected chi connectivity index (χ1v) is 5.77. The Morgan fingerprint density at radius 2 is 2.28 bits per heavy atom. The Morgan fingerprint density at radius 1 is 1.50 bits per heavy atom. The van der Waals surface area contributed by atoms with Gasteiger partial charge in [-0.2, -0.15) is 0 Å². The highest BCUT2D eigenvalue weighted by atomic mass is 19.1. The second-order valence-corrected chi connectivity index (χ2v) is 3.97. The molecule has 1 heterocycles. The van der Waals surface area contributed by atoms with Crippen molar-refractivity contribution in [2.24, 2.45) is 5.73 Å². The number of aromatic amines is 1.